The Kier molecular flexibility index (Phi) is 1.41. The van der Waals surface area contributed by atoms with Gasteiger partial charge in [-0.15, -0.1) is 5.10 Å². The summed E-state index contributed by atoms with van der Waals surface area (Å²) in [5, 5.41) is 11.8. The second-order valence-corrected chi connectivity index (χ2v) is 4.29. The Hall–Kier alpha value is -1.75. The summed E-state index contributed by atoms with van der Waals surface area (Å²) in [7, 11) is 0. The van der Waals surface area contributed by atoms with Crippen LogP contribution in [0, 0.1) is 0 Å². The molecule has 16 heavy (non-hydrogen) atoms. The van der Waals surface area contributed by atoms with Crippen LogP contribution in [0.3, 0.4) is 0 Å². The fourth-order valence-electron chi connectivity index (χ4n) is 2.33. The molecule has 0 amide bonds. The molecule has 1 saturated heterocycles. The van der Waals surface area contributed by atoms with Gasteiger partial charge in [0.15, 0.2) is 5.82 Å². The number of hydrogen-bond donors (Lipinski definition) is 0. The second kappa shape index (κ2) is 2.68. The summed E-state index contributed by atoms with van der Waals surface area (Å²) in [6.45, 7) is 2.96. The van der Waals surface area contributed by atoms with Crippen LogP contribution in [0.25, 0.3) is 11.4 Å². The molecule has 5 nitrogen and oxygen atoms in total. The van der Waals surface area contributed by atoms with Crippen molar-refractivity contribution in [2.75, 3.05) is 6.61 Å². The fraction of sp³-hybridized carbons (Fsp3) is 0.364. The van der Waals surface area contributed by atoms with Crippen LogP contribution in [-0.2, 0) is 4.74 Å². The molecule has 0 N–H and O–H groups in total. The Balaban J connectivity index is 1.92. The molecule has 0 aliphatic carbocycles. The molecule has 5 heteroatoms. The number of epoxide rings is 1. The number of fused-ring (bicyclic) bond motifs is 3. The van der Waals surface area contributed by atoms with E-state index in [4.69, 9.17) is 4.74 Å². The molecule has 2 aliphatic heterocycles. The van der Waals surface area contributed by atoms with Crippen LogP contribution in [0.4, 0.5) is 0 Å². The van der Waals surface area contributed by atoms with Gasteiger partial charge in [0.25, 0.3) is 0 Å². The third-order valence-corrected chi connectivity index (χ3v) is 3.33. The van der Waals surface area contributed by atoms with Gasteiger partial charge in [-0.25, -0.2) is 4.68 Å². The lowest BCUT2D eigenvalue weighted by Crippen LogP contribution is -2.03. The van der Waals surface area contributed by atoms with Gasteiger partial charge in [-0.3, -0.25) is 0 Å². The molecule has 2 aromatic rings. The highest BCUT2D eigenvalue weighted by molar-refractivity contribution is 5.66. The van der Waals surface area contributed by atoms with Crippen molar-refractivity contribution in [3.63, 3.8) is 0 Å². The van der Waals surface area contributed by atoms with Crippen molar-refractivity contribution in [2.24, 2.45) is 0 Å². The van der Waals surface area contributed by atoms with Gasteiger partial charge in [-0.2, -0.15) is 0 Å². The fourth-order valence-corrected chi connectivity index (χ4v) is 2.33. The zero-order valence-corrected chi connectivity index (χ0v) is 8.79. The van der Waals surface area contributed by atoms with Crippen molar-refractivity contribution < 1.29 is 4.74 Å². The summed E-state index contributed by atoms with van der Waals surface area (Å²) >= 11 is 0. The topological polar surface area (TPSA) is 56.1 Å². The Bertz CT molecular complexity index is 573. The lowest BCUT2D eigenvalue weighted by molar-refractivity contribution is 0.415. The van der Waals surface area contributed by atoms with E-state index in [0.29, 0.717) is 6.10 Å². The number of rotatable bonds is 1. The molecule has 2 unspecified atom stereocenters. The molecule has 3 heterocycles. The van der Waals surface area contributed by atoms with Crippen molar-refractivity contribution >= 4 is 0 Å². The van der Waals surface area contributed by atoms with E-state index in [9.17, 15) is 0 Å². The van der Waals surface area contributed by atoms with Crippen LogP contribution < -0.4 is 0 Å². The maximum atomic E-state index is 5.30. The molecule has 0 saturated carbocycles. The average Bonchev–Trinajstić information content (AvgIpc) is 2.98. The normalized spacial score (nSPS) is 25.3. The highest BCUT2D eigenvalue weighted by atomic mass is 16.6. The molecular weight excluding hydrogens is 204 g/mol. The summed E-state index contributed by atoms with van der Waals surface area (Å²) in [6, 6.07) is 6.62. The van der Waals surface area contributed by atoms with Crippen LogP contribution >= 0.6 is 0 Å². The Morgan fingerprint density at radius 3 is 3.12 bits per heavy atom. The number of ether oxygens (including phenoxy) is 1. The molecule has 1 aromatic carbocycles. The highest BCUT2D eigenvalue weighted by Crippen LogP contribution is 2.40. The minimum absolute atomic E-state index is 0.221. The molecule has 2 atom stereocenters. The van der Waals surface area contributed by atoms with E-state index in [0.717, 1.165) is 18.0 Å². The van der Waals surface area contributed by atoms with Gasteiger partial charge in [0.2, 0.25) is 0 Å². The summed E-state index contributed by atoms with van der Waals surface area (Å²) in [6.07, 6.45) is 0.302. The Morgan fingerprint density at radius 2 is 2.31 bits per heavy atom. The largest absolute Gasteiger partial charge is 0.368 e. The molecule has 2 aliphatic rings. The van der Waals surface area contributed by atoms with Crippen LogP contribution in [-0.4, -0.2) is 26.8 Å². The first-order valence-corrected chi connectivity index (χ1v) is 5.38. The van der Waals surface area contributed by atoms with E-state index in [1.807, 2.05) is 4.68 Å². The van der Waals surface area contributed by atoms with E-state index < -0.39 is 0 Å². The lowest BCUT2D eigenvalue weighted by Gasteiger charge is -2.06. The molecule has 0 spiro atoms. The first-order chi connectivity index (χ1) is 7.84. The summed E-state index contributed by atoms with van der Waals surface area (Å²) in [5.41, 5.74) is 3.66. The van der Waals surface area contributed by atoms with Crippen molar-refractivity contribution in [1.29, 1.82) is 0 Å². The zero-order valence-electron chi connectivity index (χ0n) is 8.79. The van der Waals surface area contributed by atoms with E-state index in [2.05, 4.69) is 40.6 Å². The van der Waals surface area contributed by atoms with Crippen LogP contribution in [0.5, 0.6) is 0 Å². The minimum atomic E-state index is 0.221. The SMILES string of the molecule is CC1c2cc(C3CO3)ccc2-c2nnnn21. The predicted molar refractivity (Wildman–Crippen MR) is 55.8 cm³/mol. The molecular formula is C11H10N4O. The van der Waals surface area contributed by atoms with Gasteiger partial charge >= 0.3 is 0 Å². The van der Waals surface area contributed by atoms with Gasteiger partial charge in [-0.1, -0.05) is 18.2 Å². The highest BCUT2D eigenvalue weighted by Gasteiger charge is 2.31. The smallest absolute Gasteiger partial charge is 0.182 e. The van der Waals surface area contributed by atoms with Crippen molar-refractivity contribution in [3.8, 4) is 11.4 Å². The van der Waals surface area contributed by atoms with E-state index in [-0.39, 0.29) is 6.04 Å². The molecule has 0 bridgehead atoms. The van der Waals surface area contributed by atoms with E-state index in [1.165, 1.54) is 11.1 Å². The summed E-state index contributed by atoms with van der Waals surface area (Å²) < 4.78 is 7.16. The van der Waals surface area contributed by atoms with E-state index in [1.54, 1.807) is 0 Å². The van der Waals surface area contributed by atoms with Gasteiger partial charge in [-0.05, 0) is 28.5 Å². The van der Waals surface area contributed by atoms with Crippen LogP contribution in [0.15, 0.2) is 18.2 Å². The number of hydrogen-bond acceptors (Lipinski definition) is 4. The number of benzene rings is 1. The van der Waals surface area contributed by atoms with Crippen molar-refractivity contribution in [2.45, 2.75) is 19.1 Å². The molecule has 4 rings (SSSR count). The average molecular weight is 214 g/mol. The zero-order chi connectivity index (χ0) is 10.7. The Morgan fingerprint density at radius 1 is 1.44 bits per heavy atom. The quantitative estimate of drug-likeness (QED) is 0.672. The monoisotopic (exact) mass is 214 g/mol. The number of aromatic nitrogens is 4. The summed E-state index contributed by atoms with van der Waals surface area (Å²) in [5.74, 6) is 0.866. The first kappa shape index (κ1) is 8.41. The third-order valence-electron chi connectivity index (χ3n) is 3.33. The second-order valence-electron chi connectivity index (χ2n) is 4.29. The van der Waals surface area contributed by atoms with Gasteiger partial charge in [0, 0.05) is 5.56 Å². The van der Waals surface area contributed by atoms with E-state index >= 15 is 0 Å². The first-order valence-electron chi connectivity index (χ1n) is 5.38. The van der Waals surface area contributed by atoms with Crippen LogP contribution in [0.1, 0.15) is 30.2 Å². The number of tetrazole rings is 1. The number of nitrogens with zero attached hydrogens (tertiary/aromatic N) is 4. The molecule has 1 fully saturated rings. The van der Waals surface area contributed by atoms with Gasteiger partial charge in [0.05, 0.1) is 12.6 Å². The van der Waals surface area contributed by atoms with Gasteiger partial charge < -0.3 is 4.74 Å². The lowest BCUT2D eigenvalue weighted by atomic mass is 10.0. The van der Waals surface area contributed by atoms with Crippen molar-refractivity contribution in [1.82, 2.24) is 20.2 Å². The standard InChI is InChI=1S/C11H10N4O/c1-6-9-4-7(10-5-16-10)2-3-8(9)11-12-13-14-15(6)11/h2-4,6,10H,5H2,1H3. The van der Waals surface area contributed by atoms with Crippen molar-refractivity contribution in [3.05, 3.63) is 29.3 Å². The third kappa shape index (κ3) is 0.957. The molecule has 1 aromatic heterocycles. The summed E-state index contributed by atoms with van der Waals surface area (Å²) in [4.78, 5) is 0. The minimum Gasteiger partial charge on any atom is -0.368 e. The predicted octanol–water partition coefficient (Wildman–Crippen LogP) is 1.33. The maximum absolute atomic E-state index is 5.30. The van der Waals surface area contributed by atoms with Crippen LogP contribution in [0.2, 0.25) is 0 Å². The maximum Gasteiger partial charge on any atom is 0.182 e. The Labute approximate surface area is 92.0 Å². The molecule has 0 radical (unpaired) electrons. The molecule has 80 valence electrons. The van der Waals surface area contributed by atoms with Gasteiger partial charge in [0.1, 0.15) is 6.10 Å².